The molecule has 0 spiro atoms. The van der Waals surface area contributed by atoms with E-state index in [9.17, 15) is 0 Å². The van der Waals surface area contributed by atoms with E-state index in [0.717, 1.165) is 39.2 Å². The van der Waals surface area contributed by atoms with Crippen molar-refractivity contribution < 1.29 is 4.42 Å². The number of hydrogen-bond donors (Lipinski definition) is 0. The summed E-state index contributed by atoms with van der Waals surface area (Å²) in [5, 5.41) is 2.32. The highest BCUT2D eigenvalue weighted by Crippen LogP contribution is 2.55. The molecular weight excluding hydrogens is 679 g/mol. The maximum Gasteiger partial charge on any atom is 0.138 e. The summed E-state index contributed by atoms with van der Waals surface area (Å²) in [4.78, 5) is 2.50. The van der Waals surface area contributed by atoms with Crippen LogP contribution in [0.4, 0.5) is 17.1 Å². The second-order valence-corrected chi connectivity index (χ2v) is 18.4. The fourth-order valence-electron chi connectivity index (χ4n) is 10.1. The molecule has 0 N–H and O–H groups in total. The number of aryl methyl sites for hydroxylation is 2. The third-order valence-corrected chi connectivity index (χ3v) is 12.9. The average molecular weight is 728 g/mol. The summed E-state index contributed by atoms with van der Waals surface area (Å²) in [5.41, 5.74) is 22.2. The monoisotopic (exact) mass is 727 g/mol. The van der Waals surface area contributed by atoms with E-state index in [1.807, 2.05) is 0 Å². The molecule has 2 aliphatic rings. The summed E-state index contributed by atoms with van der Waals surface area (Å²) in [7, 11) is 0. The highest BCUT2D eigenvalue weighted by molar-refractivity contribution is 6.08. The molecule has 0 saturated heterocycles. The van der Waals surface area contributed by atoms with Gasteiger partial charge in [0.1, 0.15) is 11.2 Å². The summed E-state index contributed by atoms with van der Waals surface area (Å²) in [6.07, 6.45) is 0. The number of nitrogens with zero attached hydrogens (tertiary/aromatic N) is 1. The van der Waals surface area contributed by atoms with Crippen LogP contribution in [0, 0.1) is 13.8 Å². The average Bonchev–Trinajstić information content (AvgIpc) is 3.74. The Morgan fingerprint density at radius 1 is 0.518 bits per heavy atom. The number of anilines is 3. The molecule has 0 unspecified atom stereocenters. The molecule has 2 nitrogen and oxygen atoms in total. The SMILES string of the molecule is Cc1cc(C)c2oc3ccc(-c4ccccc4N(c4ccc5c(c4)C(C)(C)c4ccccc4-5)c4ccc5c(c4)C(C)(C)c4cccc(C(C)(C)C)c4-5)cc3c2c1. The lowest BCUT2D eigenvalue weighted by Crippen LogP contribution is -2.18. The Morgan fingerprint density at radius 2 is 1.14 bits per heavy atom. The van der Waals surface area contributed by atoms with Gasteiger partial charge in [-0.3, -0.25) is 0 Å². The third-order valence-electron chi connectivity index (χ3n) is 12.9. The van der Waals surface area contributed by atoms with Crippen LogP contribution in [0.15, 0.2) is 138 Å². The number of fused-ring (bicyclic) bond motifs is 9. The molecule has 0 radical (unpaired) electrons. The molecular formula is C54H49NO. The van der Waals surface area contributed by atoms with E-state index in [0.29, 0.717) is 0 Å². The maximum absolute atomic E-state index is 6.44. The molecule has 0 aliphatic heterocycles. The van der Waals surface area contributed by atoms with Gasteiger partial charge < -0.3 is 9.32 Å². The fraction of sp³-hybridized carbons (Fsp3) is 0.222. The highest BCUT2D eigenvalue weighted by Gasteiger charge is 2.40. The first kappa shape index (κ1) is 34.6. The lowest BCUT2D eigenvalue weighted by atomic mass is 9.79. The van der Waals surface area contributed by atoms with Gasteiger partial charge in [0.05, 0.1) is 5.69 Å². The van der Waals surface area contributed by atoms with Gasteiger partial charge >= 0.3 is 0 Å². The molecule has 0 fully saturated rings. The summed E-state index contributed by atoms with van der Waals surface area (Å²) in [5.74, 6) is 0. The highest BCUT2D eigenvalue weighted by atomic mass is 16.3. The van der Waals surface area contributed by atoms with E-state index in [1.165, 1.54) is 72.1 Å². The van der Waals surface area contributed by atoms with Crippen molar-refractivity contribution in [2.75, 3.05) is 4.90 Å². The minimum atomic E-state index is -0.154. The smallest absolute Gasteiger partial charge is 0.138 e. The van der Waals surface area contributed by atoms with Crippen molar-refractivity contribution in [1.82, 2.24) is 0 Å². The number of rotatable bonds is 4. The second-order valence-electron chi connectivity index (χ2n) is 18.4. The first-order valence-corrected chi connectivity index (χ1v) is 20.1. The lowest BCUT2D eigenvalue weighted by molar-refractivity contribution is 0.589. The first-order valence-electron chi connectivity index (χ1n) is 20.1. The zero-order valence-corrected chi connectivity index (χ0v) is 34.1. The lowest BCUT2D eigenvalue weighted by Gasteiger charge is -2.31. The van der Waals surface area contributed by atoms with Crippen LogP contribution in [0.2, 0.25) is 0 Å². The van der Waals surface area contributed by atoms with Crippen LogP contribution in [0.25, 0.3) is 55.3 Å². The largest absolute Gasteiger partial charge is 0.456 e. The van der Waals surface area contributed by atoms with E-state index in [2.05, 4.69) is 201 Å². The van der Waals surface area contributed by atoms with Crippen LogP contribution in [0.1, 0.15) is 87.4 Å². The predicted molar refractivity (Wildman–Crippen MR) is 237 cm³/mol. The van der Waals surface area contributed by atoms with E-state index < -0.39 is 0 Å². The molecule has 2 aliphatic carbocycles. The second kappa shape index (κ2) is 11.8. The van der Waals surface area contributed by atoms with Crippen molar-refractivity contribution in [2.45, 2.75) is 78.6 Å². The van der Waals surface area contributed by atoms with Gasteiger partial charge in [-0.25, -0.2) is 0 Å². The standard InChI is InChI=1S/C54H49NO/c1-32-27-33(2)51-42(28-32)41-29-34(21-26-49(41)56-51)37-15-11-13-20-48(37)55(35-22-24-39-38-16-10-12-17-43(38)53(6,7)46(39)30-35)36-23-25-40-47(31-36)54(8,9)45-19-14-18-44(50(40)45)52(3,4)5/h10-31H,1-9H3. The van der Waals surface area contributed by atoms with Crippen LogP contribution >= 0.6 is 0 Å². The van der Waals surface area contributed by atoms with Gasteiger partial charge in [-0.05, 0) is 135 Å². The van der Waals surface area contributed by atoms with Crippen LogP contribution in [0.5, 0.6) is 0 Å². The number of para-hydroxylation sites is 1. The van der Waals surface area contributed by atoms with Crippen molar-refractivity contribution in [3.05, 3.63) is 172 Å². The fourth-order valence-corrected chi connectivity index (χ4v) is 10.1. The van der Waals surface area contributed by atoms with Gasteiger partial charge in [0.2, 0.25) is 0 Å². The Morgan fingerprint density at radius 3 is 1.89 bits per heavy atom. The zero-order chi connectivity index (χ0) is 38.9. The Bertz CT molecular complexity index is 2930. The molecule has 7 aromatic carbocycles. The molecule has 0 atom stereocenters. The van der Waals surface area contributed by atoms with Gasteiger partial charge in [-0.2, -0.15) is 0 Å². The molecule has 1 heterocycles. The van der Waals surface area contributed by atoms with Gasteiger partial charge in [0.25, 0.3) is 0 Å². The first-order chi connectivity index (χ1) is 26.7. The number of furan rings is 1. The van der Waals surface area contributed by atoms with Gasteiger partial charge in [0.15, 0.2) is 0 Å². The van der Waals surface area contributed by atoms with E-state index >= 15 is 0 Å². The minimum Gasteiger partial charge on any atom is -0.456 e. The minimum absolute atomic E-state index is 0.0281. The molecule has 0 amide bonds. The molecule has 0 bridgehead atoms. The molecule has 1 aromatic heterocycles. The van der Waals surface area contributed by atoms with Crippen LogP contribution in [-0.2, 0) is 16.2 Å². The van der Waals surface area contributed by atoms with Gasteiger partial charge in [-0.15, -0.1) is 0 Å². The van der Waals surface area contributed by atoms with Crippen LogP contribution < -0.4 is 4.90 Å². The number of hydrogen-bond acceptors (Lipinski definition) is 2. The van der Waals surface area contributed by atoms with Gasteiger partial charge in [0, 0.05) is 38.5 Å². The summed E-state index contributed by atoms with van der Waals surface area (Å²) >= 11 is 0. The Balaban J connectivity index is 1.21. The summed E-state index contributed by atoms with van der Waals surface area (Å²) in [6, 6.07) is 50.3. The normalized spacial score (nSPS) is 14.8. The van der Waals surface area contributed by atoms with Crippen molar-refractivity contribution in [3.63, 3.8) is 0 Å². The van der Waals surface area contributed by atoms with Crippen LogP contribution in [-0.4, -0.2) is 0 Å². The van der Waals surface area contributed by atoms with Crippen molar-refractivity contribution in [2.24, 2.45) is 0 Å². The van der Waals surface area contributed by atoms with E-state index in [4.69, 9.17) is 4.42 Å². The Kier molecular flexibility index (Phi) is 7.31. The molecule has 8 aromatic rings. The maximum atomic E-state index is 6.44. The predicted octanol–water partition coefficient (Wildman–Crippen LogP) is 15.2. The zero-order valence-electron chi connectivity index (χ0n) is 34.1. The Labute approximate surface area is 331 Å². The summed E-state index contributed by atoms with van der Waals surface area (Å²) < 4.78 is 6.44. The van der Waals surface area contributed by atoms with Crippen molar-refractivity contribution >= 4 is 39.0 Å². The molecule has 56 heavy (non-hydrogen) atoms. The van der Waals surface area contributed by atoms with Crippen molar-refractivity contribution in [1.29, 1.82) is 0 Å². The number of benzene rings is 7. The van der Waals surface area contributed by atoms with Crippen molar-refractivity contribution in [3.8, 4) is 33.4 Å². The molecule has 2 heteroatoms. The van der Waals surface area contributed by atoms with Crippen LogP contribution in [0.3, 0.4) is 0 Å². The van der Waals surface area contributed by atoms with E-state index in [1.54, 1.807) is 0 Å². The van der Waals surface area contributed by atoms with E-state index in [-0.39, 0.29) is 16.2 Å². The molecule has 0 saturated carbocycles. The summed E-state index contributed by atoms with van der Waals surface area (Å²) in [6.45, 7) is 20.8. The van der Waals surface area contributed by atoms with Gasteiger partial charge in [-0.1, -0.05) is 133 Å². The Hall–Kier alpha value is -5.86. The molecule has 276 valence electrons. The quantitative estimate of drug-likeness (QED) is 0.179. The third kappa shape index (κ3) is 4.94. The molecule has 10 rings (SSSR count). The topological polar surface area (TPSA) is 16.4 Å².